The maximum Gasteiger partial charge on any atom is 0.316 e. The standard InChI is InChI=1S/C8H12O2/c1-5-6-10-7(9)8(2,3)4/h6H,1H2,2-4H3. The van der Waals surface area contributed by atoms with E-state index in [2.05, 4.69) is 17.0 Å². The lowest BCUT2D eigenvalue weighted by Gasteiger charge is -2.13. The van der Waals surface area contributed by atoms with Crippen LogP contribution >= 0.6 is 0 Å². The Balaban J connectivity index is 3.98. The fourth-order valence-electron chi connectivity index (χ4n) is 0.272. The van der Waals surface area contributed by atoms with E-state index in [1.807, 2.05) is 0 Å². The topological polar surface area (TPSA) is 26.3 Å². The molecule has 0 aliphatic carbocycles. The molecule has 0 aliphatic heterocycles. The molecule has 0 aromatic carbocycles. The van der Waals surface area contributed by atoms with Gasteiger partial charge in [0, 0.05) is 0 Å². The van der Waals surface area contributed by atoms with Crippen LogP contribution in [-0.2, 0) is 9.53 Å². The monoisotopic (exact) mass is 140 g/mol. The molecule has 0 heterocycles. The lowest BCUT2D eigenvalue weighted by molar-refractivity contribution is -0.146. The van der Waals surface area contributed by atoms with E-state index in [4.69, 9.17) is 0 Å². The number of hydrogen-bond donors (Lipinski definition) is 0. The third kappa shape index (κ3) is 3.10. The lowest BCUT2D eigenvalue weighted by atomic mass is 9.98. The molecule has 0 unspecified atom stereocenters. The van der Waals surface area contributed by atoms with Crippen molar-refractivity contribution in [3.63, 3.8) is 0 Å². The first-order chi connectivity index (χ1) is 4.48. The Hall–Kier alpha value is -1.01. The summed E-state index contributed by atoms with van der Waals surface area (Å²) in [5.74, 6) is -0.274. The molecule has 0 rings (SSSR count). The first-order valence-electron chi connectivity index (χ1n) is 3.04. The number of carbonyl (C=O) groups excluding carboxylic acids is 1. The van der Waals surface area contributed by atoms with E-state index in [1.165, 1.54) is 0 Å². The van der Waals surface area contributed by atoms with Crippen LogP contribution in [0, 0.1) is 5.41 Å². The highest BCUT2D eigenvalue weighted by Gasteiger charge is 2.21. The molecule has 2 heteroatoms. The van der Waals surface area contributed by atoms with E-state index >= 15 is 0 Å². The van der Waals surface area contributed by atoms with Gasteiger partial charge in [0.05, 0.1) is 5.41 Å². The minimum absolute atomic E-state index is 0.274. The molecule has 0 radical (unpaired) electrons. The number of carbonyl (C=O) groups is 1. The van der Waals surface area contributed by atoms with Crippen molar-refractivity contribution in [2.24, 2.45) is 5.41 Å². The molecule has 0 aromatic heterocycles. The van der Waals surface area contributed by atoms with Gasteiger partial charge < -0.3 is 4.74 Å². The van der Waals surface area contributed by atoms with Crippen molar-refractivity contribution in [3.8, 4) is 0 Å². The highest BCUT2D eigenvalue weighted by Crippen LogP contribution is 2.14. The first-order valence-corrected chi connectivity index (χ1v) is 3.04. The Morgan fingerprint density at radius 3 is 2.40 bits per heavy atom. The molecule has 10 heavy (non-hydrogen) atoms. The average molecular weight is 140 g/mol. The van der Waals surface area contributed by atoms with Crippen molar-refractivity contribution in [1.29, 1.82) is 0 Å². The summed E-state index contributed by atoms with van der Waals surface area (Å²) in [6.45, 7) is 8.61. The number of ether oxygens (including phenoxy) is 1. The van der Waals surface area contributed by atoms with Crippen molar-refractivity contribution >= 4 is 5.97 Å². The fourth-order valence-corrected chi connectivity index (χ4v) is 0.272. The summed E-state index contributed by atoms with van der Waals surface area (Å²) in [6.07, 6.45) is 1.16. The zero-order valence-electron chi connectivity index (χ0n) is 6.60. The third-order valence-corrected chi connectivity index (χ3v) is 0.862. The average Bonchev–Trinajstić information content (AvgIpc) is 1.80. The Bertz CT molecular complexity index is 168. The molecular weight excluding hydrogens is 128 g/mol. The van der Waals surface area contributed by atoms with E-state index in [0.29, 0.717) is 0 Å². The second-order valence-electron chi connectivity index (χ2n) is 2.98. The van der Waals surface area contributed by atoms with Crippen molar-refractivity contribution < 1.29 is 9.53 Å². The summed E-state index contributed by atoms with van der Waals surface area (Å²) in [5, 5.41) is 0. The molecule has 0 aliphatic rings. The van der Waals surface area contributed by atoms with E-state index in [0.717, 1.165) is 6.26 Å². The van der Waals surface area contributed by atoms with Crippen LogP contribution in [0.15, 0.2) is 18.6 Å². The van der Waals surface area contributed by atoms with Crippen LogP contribution in [0.5, 0.6) is 0 Å². The molecule has 0 N–H and O–H groups in total. The Kier molecular flexibility index (Phi) is 2.91. The largest absolute Gasteiger partial charge is 0.426 e. The molecule has 0 spiro atoms. The van der Waals surface area contributed by atoms with E-state index in [9.17, 15) is 4.79 Å². The van der Waals surface area contributed by atoms with Gasteiger partial charge in [0.1, 0.15) is 6.26 Å². The van der Waals surface area contributed by atoms with Crippen LogP contribution in [0.3, 0.4) is 0 Å². The van der Waals surface area contributed by atoms with Gasteiger partial charge in [-0.3, -0.25) is 4.79 Å². The van der Waals surface area contributed by atoms with Gasteiger partial charge in [-0.25, -0.2) is 0 Å². The normalized spacial score (nSPS) is 9.90. The zero-order valence-corrected chi connectivity index (χ0v) is 6.60. The van der Waals surface area contributed by atoms with Gasteiger partial charge in [0.2, 0.25) is 0 Å². The van der Waals surface area contributed by atoms with Crippen LogP contribution in [0.4, 0.5) is 0 Å². The van der Waals surface area contributed by atoms with Gasteiger partial charge in [-0.2, -0.15) is 0 Å². The molecule has 56 valence electrons. The van der Waals surface area contributed by atoms with Crippen LogP contribution in [0.25, 0.3) is 0 Å². The number of rotatable bonds is 1. The molecule has 0 aromatic rings. The van der Waals surface area contributed by atoms with Gasteiger partial charge in [-0.05, 0) is 20.8 Å². The Labute approximate surface area is 61.2 Å². The fraction of sp³-hybridized carbons (Fsp3) is 0.500. The third-order valence-electron chi connectivity index (χ3n) is 0.862. The highest BCUT2D eigenvalue weighted by atomic mass is 16.5. The summed E-state index contributed by atoms with van der Waals surface area (Å²) in [5.41, 5.74) is 1.90. The summed E-state index contributed by atoms with van der Waals surface area (Å²) < 4.78 is 4.62. The SMILES string of the molecule is C=C=COC(=O)C(C)(C)C. The zero-order chi connectivity index (χ0) is 8.20. The molecule has 0 atom stereocenters. The van der Waals surface area contributed by atoms with Crippen molar-refractivity contribution in [2.75, 3.05) is 0 Å². The lowest BCUT2D eigenvalue weighted by Crippen LogP contribution is -2.20. The second kappa shape index (κ2) is 3.23. The predicted octanol–water partition coefficient (Wildman–Crippen LogP) is 1.87. The maximum atomic E-state index is 10.9. The molecule has 0 saturated heterocycles. The molecular formula is C8H12O2. The van der Waals surface area contributed by atoms with Crippen LogP contribution in [-0.4, -0.2) is 5.97 Å². The molecule has 0 saturated carbocycles. The van der Waals surface area contributed by atoms with Crippen molar-refractivity contribution in [2.45, 2.75) is 20.8 Å². The maximum absolute atomic E-state index is 10.9. The molecule has 0 fully saturated rings. The first kappa shape index (κ1) is 8.99. The van der Waals surface area contributed by atoms with Gasteiger partial charge in [0.15, 0.2) is 0 Å². The van der Waals surface area contributed by atoms with E-state index in [-0.39, 0.29) is 5.97 Å². The minimum atomic E-state index is -0.451. The molecule has 2 nitrogen and oxygen atoms in total. The minimum Gasteiger partial charge on any atom is -0.426 e. The van der Waals surface area contributed by atoms with E-state index < -0.39 is 5.41 Å². The summed E-state index contributed by atoms with van der Waals surface area (Å²) in [7, 11) is 0. The molecule has 0 bridgehead atoms. The summed E-state index contributed by atoms with van der Waals surface area (Å²) in [6, 6.07) is 0. The molecule has 0 amide bonds. The van der Waals surface area contributed by atoms with Crippen LogP contribution < -0.4 is 0 Å². The van der Waals surface area contributed by atoms with Gasteiger partial charge in [-0.15, -0.1) is 0 Å². The van der Waals surface area contributed by atoms with Crippen molar-refractivity contribution in [1.82, 2.24) is 0 Å². The van der Waals surface area contributed by atoms with Gasteiger partial charge in [0.25, 0.3) is 0 Å². The number of hydrogen-bond acceptors (Lipinski definition) is 2. The van der Waals surface area contributed by atoms with E-state index in [1.54, 1.807) is 20.8 Å². The van der Waals surface area contributed by atoms with Gasteiger partial charge in [-0.1, -0.05) is 12.3 Å². The number of esters is 1. The predicted molar refractivity (Wildman–Crippen MR) is 39.3 cm³/mol. The highest BCUT2D eigenvalue weighted by molar-refractivity contribution is 5.75. The Morgan fingerprint density at radius 1 is 1.60 bits per heavy atom. The smallest absolute Gasteiger partial charge is 0.316 e. The van der Waals surface area contributed by atoms with Crippen LogP contribution in [0.1, 0.15) is 20.8 Å². The Morgan fingerprint density at radius 2 is 2.10 bits per heavy atom. The summed E-state index contributed by atoms with van der Waals surface area (Å²) >= 11 is 0. The van der Waals surface area contributed by atoms with Gasteiger partial charge >= 0.3 is 5.97 Å². The second-order valence-corrected chi connectivity index (χ2v) is 2.98. The quantitative estimate of drug-likeness (QED) is 0.316. The summed E-state index contributed by atoms with van der Waals surface area (Å²) in [4.78, 5) is 10.9. The van der Waals surface area contributed by atoms with Crippen molar-refractivity contribution in [3.05, 3.63) is 18.6 Å². The van der Waals surface area contributed by atoms with Crippen LogP contribution in [0.2, 0.25) is 0 Å².